The van der Waals surface area contributed by atoms with Crippen molar-refractivity contribution in [2.75, 3.05) is 6.16 Å². The summed E-state index contributed by atoms with van der Waals surface area (Å²) in [5.74, 6) is 0. The fourth-order valence-corrected chi connectivity index (χ4v) is 8.98. The summed E-state index contributed by atoms with van der Waals surface area (Å²) in [4.78, 5) is 0. The van der Waals surface area contributed by atoms with Crippen LogP contribution in [0.25, 0.3) is 0 Å². The first kappa shape index (κ1) is 19.3. The molecule has 138 valence electrons. The molecule has 3 aromatic rings. The number of hydrogen-bond acceptors (Lipinski definition) is 1. The summed E-state index contributed by atoms with van der Waals surface area (Å²) in [7, 11) is -2.06. The second-order valence-electron chi connectivity index (χ2n) is 7.08. The maximum absolute atomic E-state index is 8.75. The SMILES string of the molecule is N#CCCCCCC[PH](c1ccccc1)(c1ccccc1)c1ccccc1. The molecule has 0 fully saturated rings. The van der Waals surface area contributed by atoms with E-state index < -0.39 is 7.26 Å². The molecule has 0 radical (unpaired) electrons. The van der Waals surface area contributed by atoms with Gasteiger partial charge in [0.1, 0.15) is 0 Å². The Morgan fingerprint density at radius 3 is 1.37 bits per heavy atom. The molecule has 0 heterocycles. The zero-order valence-corrected chi connectivity index (χ0v) is 16.9. The monoisotopic (exact) mass is 373 g/mol. The van der Waals surface area contributed by atoms with Crippen molar-refractivity contribution in [3.8, 4) is 6.07 Å². The van der Waals surface area contributed by atoms with Crippen molar-refractivity contribution in [3.63, 3.8) is 0 Å². The van der Waals surface area contributed by atoms with E-state index in [4.69, 9.17) is 5.26 Å². The number of rotatable bonds is 9. The van der Waals surface area contributed by atoms with E-state index in [2.05, 4.69) is 97.1 Å². The van der Waals surface area contributed by atoms with Gasteiger partial charge in [-0.25, -0.2) is 0 Å². The summed E-state index contributed by atoms with van der Waals surface area (Å²) in [5.41, 5.74) is 0. The predicted octanol–water partition coefficient (Wildman–Crippen LogP) is 5.19. The van der Waals surface area contributed by atoms with Crippen LogP contribution >= 0.6 is 7.26 Å². The molecule has 1 nitrogen and oxygen atoms in total. The molecular weight excluding hydrogens is 345 g/mol. The summed E-state index contributed by atoms with van der Waals surface area (Å²) < 4.78 is 0. The van der Waals surface area contributed by atoms with Crippen LogP contribution in [0.15, 0.2) is 91.0 Å². The Morgan fingerprint density at radius 2 is 0.963 bits per heavy atom. The molecule has 0 aliphatic rings. The van der Waals surface area contributed by atoms with Gasteiger partial charge in [-0.1, -0.05) is 0 Å². The molecule has 0 N–H and O–H groups in total. The fraction of sp³-hybridized carbons (Fsp3) is 0.240. The third-order valence-corrected chi connectivity index (χ3v) is 10.5. The number of nitriles is 1. The van der Waals surface area contributed by atoms with Gasteiger partial charge in [0.15, 0.2) is 0 Å². The summed E-state index contributed by atoms with van der Waals surface area (Å²) in [5, 5.41) is 13.2. The molecule has 3 aromatic carbocycles. The van der Waals surface area contributed by atoms with Gasteiger partial charge < -0.3 is 0 Å². The molecule has 3 rings (SSSR count). The van der Waals surface area contributed by atoms with Crippen LogP contribution in [0.3, 0.4) is 0 Å². The van der Waals surface area contributed by atoms with E-state index in [0.717, 1.165) is 12.8 Å². The quantitative estimate of drug-likeness (QED) is 0.374. The molecule has 0 spiro atoms. The number of hydrogen-bond donors (Lipinski definition) is 0. The Morgan fingerprint density at radius 1 is 0.556 bits per heavy atom. The van der Waals surface area contributed by atoms with Crippen LogP contribution in [0.2, 0.25) is 0 Å². The van der Waals surface area contributed by atoms with E-state index in [-0.39, 0.29) is 0 Å². The standard InChI is InChI=1S/C25H28NP/c26-21-13-2-1-3-14-22-27(23-15-7-4-8-16-23,24-17-9-5-10-18-24)25-19-11-6-12-20-25/h4-12,15-20,27H,1-3,13-14,22H2. The summed E-state index contributed by atoms with van der Waals surface area (Å²) in [6.07, 6.45) is 6.46. The van der Waals surface area contributed by atoms with Crippen LogP contribution in [0.5, 0.6) is 0 Å². The van der Waals surface area contributed by atoms with Crippen molar-refractivity contribution >= 4 is 23.2 Å². The zero-order valence-electron chi connectivity index (χ0n) is 15.9. The van der Waals surface area contributed by atoms with Crippen LogP contribution in [0, 0.1) is 11.3 Å². The first-order chi connectivity index (χ1) is 13.4. The van der Waals surface area contributed by atoms with Gasteiger partial charge in [0.05, 0.1) is 0 Å². The first-order valence-corrected chi connectivity index (χ1v) is 12.1. The number of unbranched alkanes of at least 4 members (excludes halogenated alkanes) is 4. The Balaban J connectivity index is 2.00. The van der Waals surface area contributed by atoms with Crippen LogP contribution in [0.4, 0.5) is 0 Å². The Kier molecular flexibility index (Phi) is 7.20. The predicted molar refractivity (Wildman–Crippen MR) is 120 cm³/mol. The Bertz CT molecular complexity index is 741. The van der Waals surface area contributed by atoms with Gasteiger partial charge in [-0.15, -0.1) is 0 Å². The van der Waals surface area contributed by atoms with Crippen molar-refractivity contribution < 1.29 is 0 Å². The molecule has 0 amide bonds. The summed E-state index contributed by atoms with van der Waals surface area (Å²) in [6, 6.07) is 35.6. The van der Waals surface area contributed by atoms with Crippen molar-refractivity contribution in [3.05, 3.63) is 91.0 Å². The molecule has 0 aliphatic carbocycles. The molecule has 0 unspecified atom stereocenters. The molecule has 0 saturated heterocycles. The molecule has 0 aliphatic heterocycles. The van der Waals surface area contributed by atoms with Crippen LogP contribution in [0.1, 0.15) is 32.1 Å². The van der Waals surface area contributed by atoms with Gasteiger partial charge in [-0.3, -0.25) is 0 Å². The van der Waals surface area contributed by atoms with Crippen molar-refractivity contribution in [2.24, 2.45) is 0 Å². The second kappa shape index (κ2) is 10.1. The minimum atomic E-state index is -2.06. The Hall–Kier alpha value is -2.42. The third-order valence-electron chi connectivity index (χ3n) is 5.39. The molecule has 0 saturated carbocycles. The summed E-state index contributed by atoms with van der Waals surface area (Å²) in [6.45, 7) is 0. The third kappa shape index (κ3) is 4.65. The van der Waals surface area contributed by atoms with Crippen molar-refractivity contribution in [1.29, 1.82) is 5.26 Å². The average Bonchev–Trinajstić information content (AvgIpc) is 2.75. The van der Waals surface area contributed by atoms with Crippen LogP contribution in [-0.4, -0.2) is 6.16 Å². The van der Waals surface area contributed by atoms with E-state index in [1.807, 2.05) is 0 Å². The van der Waals surface area contributed by atoms with E-state index in [1.54, 1.807) is 0 Å². The molecule has 2 heteroatoms. The van der Waals surface area contributed by atoms with Crippen molar-refractivity contribution in [2.45, 2.75) is 32.1 Å². The van der Waals surface area contributed by atoms with E-state index >= 15 is 0 Å². The topological polar surface area (TPSA) is 23.8 Å². The van der Waals surface area contributed by atoms with Crippen molar-refractivity contribution in [1.82, 2.24) is 0 Å². The molecule has 27 heavy (non-hydrogen) atoms. The maximum atomic E-state index is 8.75. The van der Waals surface area contributed by atoms with Crippen LogP contribution < -0.4 is 15.9 Å². The van der Waals surface area contributed by atoms with E-state index in [9.17, 15) is 0 Å². The Labute approximate surface area is 164 Å². The molecular formula is C25H28NP. The zero-order chi connectivity index (χ0) is 18.8. The first-order valence-electron chi connectivity index (χ1n) is 9.91. The van der Waals surface area contributed by atoms with Gasteiger partial charge >= 0.3 is 164 Å². The second-order valence-corrected chi connectivity index (χ2v) is 11.1. The normalized spacial score (nSPS) is 11.7. The minimum absolute atomic E-state index is 0.679. The van der Waals surface area contributed by atoms with Gasteiger partial charge in [0.2, 0.25) is 0 Å². The van der Waals surface area contributed by atoms with Gasteiger partial charge in [0, 0.05) is 0 Å². The van der Waals surface area contributed by atoms with E-state index in [1.165, 1.54) is 34.9 Å². The van der Waals surface area contributed by atoms with Crippen LogP contribution in [-0.2, 0) is 0 Å². The van der Waals surface area contributed by atoms with E-state index in [0.29, 0.717) is 6.42 Å². The molecule has 0 aromatic heterocycles. The fourth-order valence-electron chi connectivity index (χ4n) is 4.05. The van der Waals surface area contributed by atoms with Gasteiger partial charge in [-0.2, -0.15) is 0 Å². The average molecular weight is 373 g/mol. The number of nitrogens with zero attached hydrogens (tertiary/aromatic N) is 1. The molecule has 0 bridgehead atoms. The molecule has 0 atom stereocenters. The summed E-state index contributed by atoms with van der Waals surface area (Å²) >= 11 is 0. The van der Waals surface area contributed by atoms with Gasteiger partial charge in [0.25, 0.3) is 0 Å². The van der Waals surface area contributed by atoms with Gasteiger partial charge in [-0.05, 0) is 0 Å². The number of benzene rings is 3.